The summed E-state index contributed by atoms with van der Waals surface area (Å²) in [5, 5.41) is 0. The van der Waals surface area contributed by atoms with Crippen LogP contribution in [0.25, 0.3) is 12.2 Å². The second-order valence-electron chi connectivity index (χ2n) is 11.0. The number of ether oxygens (including phenoxy) is 1. The van der Waals surface area contributed by atoms with Gasteiger partial charge in [0, 0.05) is 0 Å². The van der Waals surface area contributed by atoms with Gasteiger partial charge in [-0.05, 0) is 76.5 Å². The van der Waals surface area contributed by atoms with E-state index in [0.29, 0.717) is 5.56 Å². The molecule has 0 radical (unpaired) electrons. The maximum atomic E-state index is 11.7. The van der Waals surface area contributed by atoms with Crippen LogP contribution in [0.5, 0.6) is 0 Å². The van der Waals surface area contributed by atoms with E-state index in [9.17, 15) is 4.79 Å². The second-order valence-corrected chi connectivity index (χ2v) is 11.0. The molecule has 0 bridgehead atoms. The maximum absolute atomic E-state index is 11.7. The molecular formula is C31H42O2. The number of rotatable bonds is 9. The van der Waals surface area contributed by atoms with E-state index in [0.717, 1.165) is 12.0 Å². The molecule has 2 aromatic rings. The summed E-state index contributed by atoms with van der Waals surface area (Å²) in [7, 11) is 1.42. The number of aryl methyl sites for hydroxylation is 1. The monoisotopic (exact) mass is 446 g/mol. The lowest BCUT2D eigenvalue weighted by Crippen LogP contribution is -2.34. The van der Waals surface area contributed by atoms with Crippen molar-refractivity contribution in [2.24, 2.45) is 0 Å². The summed E-state index contributed by atoms with van der Waals surface area (Å²) in [6.07, 6.45) is 14.5. The van der Waals surface area contributed by atoms with Crippen molar-refractivity contribution in [3.63, 3.8) is 0 Å². The van der Waals surface area contributed by atoms with E-state index in [1.165, 1.54) is 68.7 Å². The van der Waals surface area contributed by atoms with Gasteiger partial charge < -0.3 is 4.74 Å². The minimum absolute atomic E-state index is 0.204. The first-order valence-electron chi connectivity index (χ1n) is 12.7. The predicted molar refractivity (Wildman–Crippen MR) is 141 cm³/mol. The van der Waals surface area contributed by atoms with Crippen molar-refractivity contribution in [1.82, 2.24) is 0 Å². The molecule has 2 aromatic carbocycles. The Hall–Kier alpha value is -2.35. The van der Waals surface area contributed by atoms with Crippen molar-refractivity contribution in [2.75, 3.05) is 7.11 Å². The lowest BCUT2D eigenvalue weighted by atomic mass is 9.62. The molecule has 0 saturated heterocycles. The molecule has 0 saturated carbocycles. The number of carbonyl (C=O) groups excluding carboxylic acids is 1. The van der Waals surface area contributed by atoms with Crippen molar-refractivity contribution in [3.05, 3.63) is 69.8 Å². The molecule has 2 heteroatoms. The third kappa shape index (κ3) is 6.16. The molecule has 0 N–H and O–H groups in total. The quantitative estimate of drug-likeness (QED) is 0.219. The highest BCUT2D eigenvalue weighted by Crippen LogP contribution is 2.47. The van der Waals surface area contributed by atoms with Gasteiger partial charge >= 0.3 is 5.97 Å². The predicted octanol–water partition coefficient (Wildman–Crippen LogP) is 8.51. The van der Waals surface area contributed by atoms with Crippen LogP contribution in [-0.2, 0) is 22.0 Å². The van der Waals surface area contributed by atoms with E-state index >= 15 is 0 Å². The van der Waals surface area contributed by atoms with E-state index in [-0.39, 0.29) is 16.8 Å². The van der Waals surface area contributed by atoms with Gasteiger partial charge in [0.2, 0.25) is 0 Å². The van der Waals surface area contributed by atoms with E-state index in [2.05, 4.69) is 58.9 Å². The number of carbonyl (C=O) groups is 1. The van der Waals surface area contributed by atoms with E-state index < -0.39 is 0 Å². The molecule has 0 aliphatic heterocycles. The van der Waals surface area contributed by atoms with Crippen LogP contribution in [-0.4, -0.2) is 13.1 Å². The lowest BCUT2D eigenvalue weighted by molar-refractivity contribution is 0.0600. The average Bonchev–Trinajstić information content (AvgIpc) is 2.80. The molecule has 0 heterocycles. The number of esters is 1. The summed E-state index contributed by atoms with van der Waals surface area (Å²) < 4.78 is 4.82. The lowest BCUT2D eigenvalue weighted by Gasteiger charge is -2.42. The van der Waals surface area contributed by atoms with Gasteiger partial charge in [-0.1, -0.05) is 96.7 Å². The van der Waals surface area contributed by atoms with Crippen LogP contribution in [0.4, 0.5) is 0 Å². The summed E-state index contributed by atoms with van der Waals surface area (Å²) >= 11 is 0. The minimum Gasteiger partial charge on any atom is -0.465 e. The zero-order chi connectivity index (χ0) is 24.1. The smallest absolute Gasteiger partial charge is 0.337 e. The number of methoxy groups -OCH3 is 1. The first kappa shape index (κ1) is 25.3. The highest BCUT2D eigenvalue weighted by Gasteiger charge is 2.37. The van der Waals surface area contributed by atoms with Crippen LogP contribution in [0.2, 0.25) is 0 Å². The topological polar surface area (TPSA) is 26.3 Å². The van der Waals surface area contributed by atoms with E-state index in [1.54, 1.807) is 5.56 Å². The Morgan fingerprint density at radius 3 is 2.09 bits per heavy atom. The zero-order valence-electron chi connectivity index (χ0n) is 21.6. The number of hydrogen-bond acceptors (Lipinski definition) is 2. The second kappa shape index (κ2) is 10.7. The minimum atomic E-state index is -0.296. The van der Waals surface area contributed by atoms with Crippen molar-refractivity contribution in [1.29, 1.82) is 0 Å². The fraction of sp³-hybridized carbons (Fsp3) is 0.516. The van der Waals surface area contributed by atoms with Crippen LogP contribution in [0.3, 0.4) is 0 Å². The van der Waals surface area contributed by atoms with Crippen LogP contribution in [0.1, 0.15) is 118 Å². The third-order valence-corrected chi connectivity index (χ3v) is 7.45. The summed E-state index contributed by atoms with van der Waals surface area (Å²) in [5.74, 6) is -0.296. The molecule has 0 amide bonds. The van der Waals surface area contributed by atoms with Crippen molar-refractivity contribution < 1.29 is 9.53 Å². The molecule has 0 atom stereocenters. The molecule has 0 unspecified atom stereocenters. The van der Waals surface area contributed by atoms with Crippen molar-refractivity contribution >= 4 is 18.1 Å². The number of unbranched alkanes of at least 4 members (excludes halogenated alkanes) is 4. The first-order valence-corrected chi connectivity index (χ1v) is 12.7. The SMILES string of the molecule is CCCCCCCc1cc2c(cc1C=Cc1ccc(C(=O)OC)cc1)C(C)(C)CCC2(C)C. The molecule has 33 heavy (non-hydrogen) atoms. The fourth-order valence-corrected chi connectivity index (χ4v) is 5.00. The van der Waals surface area contributed by atoms with Crippen LogP contribution < -0.4 is 0 Å². The van der Waals surface area contributed by atoms with Gasteiger partial charge in [0.25, 0.3) is 0 Å². The van der Waals surface area contributed by atoms with Crippen LogP contribution >= 0.6 is 0 Å². The van der Waals surface area contributed by atoms with Gasteiger partial charge in [-0.25, -0.2) is 4.79 Å². The summed E-state index contributed by atoms with van der Waals surface area (Å²) in [6.45, 7) is 11.9. The Kier molecular flexibility index (Phi) is 8.21. The molecular weight excluding hydrogens is 404 g/mol. The molecule has 178 valence electrons. The zero-order valence-corrected chi connectivity index (χ0v) is 21.6. The molecule has 1 aliphatic rings. The van der Waals surface area contributed by atoms with Gasteiger partial charge in [-0.15, -0.1) is 0 Å². The van der Waals surface area contributed by atoms with Crippen molar-refractivity contribution in [2.45, 2.75) is 96.8 Å². The molecule has 1 aliphatic carbocycles. The Morgan fingerprint density at radius 1 is 0.879 bits per heavy atom. The Morgan fingerprint density at radius 2 is 1.48 bits per heavy atom. The van der Waals surface area contributed by atoms with Gasteiger partial charge in [-0.2, -0.15) is 0 Å². The van der Waals surface area contributed by atoms with E-state index in [1.807, 2.05) is 24.3 Å². The molecule has 0 fully saturated rings. The van der Waals surface area contributed by atoms with Gasteiger partial charge in [-0.3, -0.25) is 0 Å². The highest BCUT2D eigenvalue weighted by atomic mass is 16.5. The standard InChI is InChI=1S/C31H42O2/c1-7-8-9-10-11-12-25-21-27-28(31(4,5)20-19-30(27,2)3)22-26(25)18-15-23-13-16-24(17-14-23)29(32)33-6/h13-18,21-22H,7-12,19-20H2,1-6H3. The van der Waals surface area contributed by atoms with Gasteiger partial charge in [0.15, 0.2) is 0 Å². The fourth-order valence-electron chi connectivity index (χ4n) is 5.00. The van der Waals surface area contributed by atoms with Crippen molar-refractivity contribution in [3.8, 4) is 0 Å². The number of fused-ring (bicyclic) bond motifs is 1. The highest BCUT2D eigenvalue weighted by molar-refractivity contribution is 5.89. The first-order chi connectivity index (χ1) is 15.7. The molecule has 0 spiro atoms. The third-order valence-electron chi connectivity index (χ3n) is 7.45. The number of hydrogen-bond donors (Lipinski definition) is 0. The molecule has 3 rings (SSSR count). The van der Waals surface area contributed by atoms with Gasteiger partial charge in [0.1, 0.15) is 0 Å². The molecule has 0 aromatic heterocycles. The normalized spacial score (nSPS) is 16.5. The molecule has 2 nitrogen and oxygen atoms in total. The van der Waals surface area contributed by atoms with Gasteiger partial charge in [0.05, 0.1) is 12.7 Å². The Bertz CT molecular complexity index is 977. The van der Waals surface area contributed by atoms with E-state index in [4.69, 9.17) is 4.74 Å². The maximum Gasteiger partial charge on any atom is 0.337 e. The largest absolute Gasteiger partial charge is 0.465 e. The number of benzene rings is 2. The average molecular weight is 447 g/mol. The van der Waals surface area contributed by atoms with Crippen LogP contribution in [0, 0.1) is 0 Å². The summed E-state index contributed by atoms with van der Waals surface area (Å²) in [5.41, 5.74) is 7.97. The Labute approximate surface area is 201 Å². The summed E-state index contributed by atoms with van der Waals surface area (Å²) in [4.78, 5) is 11.7. The van der Waals surface area contributed by atoms with Crippen LogP contribution in [0.15, 0.2) is 36.4 Å². The summed E-state index contributed by atoms with van der Waals surface area (Å²) in [6, 6.07) is 12.6. The Balaban J connectivity index is 1.93.